The van der Waals surface area contributed by atoms with Crippen LogP contribution in [0.5, 0.6) is 0 Å². The number of nitrogens with zero attached hydrogens (tertiary/aromatic N) is 1. The quantitative estimate of drug-likeness (QED) is 0.712. The summed E-state index contributed by atoms with van der Waals surface area (Å²) in [4.78, 5) is 14.5. The van der Waals surface area contributed by atoms with E-state index < -0.39 is 5.60 Å². The Kier molecular flexibility index (Phi) is 6.70. The molecule has 0 spiro atoms. The zero-order valence-electron chi connectivity index (χ0n) is 16.8. The van der Waals surface area contributed by atoms with Gasteiger partial charge in [-0.1, -0.05) is 48.5 Å². The van der Waals surface area contributed by atoms with Crippen LogP contribution in [0.4, 0.5) is 5.69 Å². The molecule has 0 saturated carbocycles. The molecule has 2 aromatic rings. The maximum Gasteiger partial charge on any atom is 0.312 e. The van der Waals surface area contributed by atoms with E-state index >= 15 is 0 Å². The van der Waals surface area contributed by atoms with Crippen LogP contribution >= 0.6 is 0 Å². The van der Waals surface area contributed by atoms with Gasteiger partial charge in [0.15, 0.2) is 0 Å². The summed E-state index contributed by atoms with van der Waals surface area (Å²) in [6, 6.07) is 20.2. The first kappa shape index (κ1) is 20.4. The van der Waals surface area contributed by atoms with Crippen LogP contribution in [0.2, 0.25) is 0 Å². The van der Waals surface area contributed by atoms with Crippen LogP contribution in [-0.4, -0.2) is 44.5 Å². The van der Waals surface area contributed by atoms with Crippen LogP contribution in [0.25, 0.3) is 0 Å². The van der Waals surface area contributed by atoms with Crippen molar-refractivity contribution in [3.05, 3.63) is 66.2 Å². The van der Waals surface area contributed by atoms with Gasteiger partial charge < -0.3 is 19.1 Å². The fraction of sp³-hybridized carbons (Fsp3) is 0.435. The molecule has 5 nitrogen and oxygen atoms in total. The summed E-state index contributed by atoms with van der Waals surface area (Å²) in [5.41, 5.74) is 1.69. The van der Waals surface area contributed by atoms with E-state index in [0.29, 0.717) is 26.4 Å². The fourth-order valence-electron chi connectivity index (χ4n) is 3.57. The second-order valence-electron chi connectivity index (χ2n) is 7.64. The van der Waals surface area contributed by atoms with E-state index in [-0.39, 0.29) is 17.9 Å². The van der Waals surface area contributed by atoms with Crippen molar-refractivity contribution in [3.8, 4) is 0 Å². The fourth-order valence-corrected chi connectivity index (χ4v) is 3.57. The average Bonchev–Trinajstić information content (AvgIpc) is 2.85. The standard InChI is InChI=1S/C23H29NO4/c1-23(2)21(17-27-15-18-10-6-4-7-11-18)24(20-12-8-5-9-13-20)14-19(16-28-23)22(25)26-3/h4-13,19,21H,14-17H2,1-3H3. The van der Waals surface area contributed by atoms with E-state index in [1.807, 2.05) is 36.4 Å². The lowest BCUT2D eigenvalue weighted by molar-refractivity contribution is -0.148. The number of benzene rings is 2. The number of ether oxygens (including phenoxy) is 3. The summed E-state index contributed by atoms with van der Waals surface area (Å²) < 4.78 is 17.3. The van der Waals surface area contributed by atoms with Crippen LogP contribution in [0.15, 0.2) is 60.7 Å². The van der Waals surface area contributed by atoms with Crippen LogP contribution < -0.4 is 4.90 Å². The van der Waals surface area contributed by atoms with Crippen LogP contribution in [0.3, 0.4) is 0 Å². The van der Waals surface area contributed by atoms with Gasteiger partial charge in [-0.3, -0.25) is 4.79 Å². The summed E-state index contributed by atoms with van der Waals surface area (Å²) in [5.74, 6) is -0.591. The summed E-state index contributed by atoms with van der Waals surface area (Å²) in [6.07, 6.45) is 0. The monoisotopic (exact) mass is 383 g/mol. The molecule has 1 fully saturated rings. The Morgan fingerprint density at radius 3 is 2.39 bits per heavy atom. The Hall–Kier alpha value is -2.37. The molecule has 1 saturated heterocycles. The molecule has 5 heteroatoms. The molecule has 1 aliphatic rings. The van der Waals surface area contributed by atoms with Gasteiger partial charge in [0.1, 0.15) is 0 Å². The SMILES string of the molecule is COC(=O)C1COC(C)(C)C(COCc2ccccc2)N(c2ccccc2)C1. The molecule has 1 aliphatic heterocycles. The number of esters is 1. The Balaban J connectivity index is 1.82. The minimum absolute atomic E-state index is 0.0479. The van der Waals surface area contributed by atoms with Gasteiger partial charge in [0.2, 0.25) is 0 Å². The Bertz CT molecular complexity index is 748. The van der Waals surface area contributed by atoms with Crippen LogP contribution in [0.1, 0.15) is 19.4 Å². The predicted molar refractivity (Wildman–Crippen MR) is 109 cm³/mol. The molecule has 28 heavy (non-hydrogen) atoms. The molecular weight excluding hydrogens is 354 g/mol. The molecule has 2 unspecified atom stereocenters. The van der Waals surface area contributed by atoms with Crippen molar-refractivity contribution in [2.45, 2.75) is 32.1 Å². The largest absolute Gasteiger partial charge is 0.469 e. The Morgan fingerprint density at radius 1 is 1.11 bits per heavy atom. The van der Waals surface area contributed by atoms with Gasteiger partial charge >= 0.3 is 5.97 Å². The number of hydrogen-bond donors (Lipinski definition) is 0. The van der Waals surface area contributed by atoms with Gasteiger partial charge in [-0.2, -0.15) is 0 Å². The molecule has 0 radical (unpaired) electrons. The van der Waals surface area contributed by atoms with Crippen molar-refractivity contribution >= 4 is 11.7 Å². The van der Waals surface area contributed by atoms with Gasteiger partial charge in [0, 0.05) is 12.2 Å². The van der Waals surface area contributed by atoms with Crippen molar-refractivity contribution in [2.24, 2.45) is 5.92 Å². The third kappa shape index (κ3) is 4.91. The van der Waals surface area contributed by atoms with E-state index in [4.69, 9.17) is 14.2 Å². The molecule has 0 amide bonds. The zero-order chi connectivity index (χ0) is 20.0. The van der Waals surface area contributed by atoms with Crippen LogP contribution in [-0.2, 0) is 25.6 Å². The van der Waals surface area contributed by atoms with E-state index in [9.17, 15) is 4.79 Å². The van der Waals surface area contributed by atoms with Crippen molar-refractivity contribution in [3.63, 3.8) is 0 Å². The third-order valence-electron chi connectivity index (χ3n) is 5.26. The van der Waals surface area contributed by atoms with Gasteiger partial charge in [0.25, 0.3) is 0 Å². The Labute approximate surface area is 167 Å². The topological polar surface area (TPSA) is 48.0 Å². The molecule has 0 aliphatic carbocycles. The minimum atomic E-state index is -0.491. The number of carbonyl (C=O) groups excluding carboxylic acids is 1. The van der Waals surface area contributed by atoms with E-state index in [0.717, 1.165) is 11.3 Å². The minimum Gasteiger partial charge on any atom is -0.469 e. The van der Waals surface area contributed by atoms with Crippen LogP contribution in [0, 0.1) is 5.92 Å². The zero-order valence-corrected chi connectivity index (χ0v) is 16.8. The lowest BCUT2D eigenvalue weighted by atomic mass is 9.96. The second kappa shape index (κ2) is 9.22. The molecule has 0 N–H and O–H groups in total. The number of rotatable bonds is 6. The van der Waals surface area contributed by atoms with Crippen molar-refractivity contribution in [1.82, 2.24) is 0 Å². The number of carbonyl (C=O) groups is 1. The summed E-state index contributed by atoms with van der Waals surface area (Å²) in [5, 5.41) is 0. The van der Waals surface area contributed by atoms with E-state index in [1.54, 1.807) is 0 Å². The van der Waals surface area contributed by atoms with Gasteiger partial charge in [0.05, 0.1) is 44.5 Å². The lowest BCUT2D eigenvalue weighted by Crippen LogP contribution is -2.52. The number of hydrogen-bond acceptors (Lipinski definition) is 5. The molecule has 1 heterocycles. The maximum atomic E-state index is 12.3. The predicted octanol–water partition coefficient (Wildman–Crippen LogP) is 3.68. The lowest BCUT2D eigenvalue weighted by Gasteiger charge is -2.40. The van der Waals surface area contributed by atoms with E-state index in [1.165, 1.54) is 7.11 Å². The highest BCUT2D eigenvalue weighted by Gasteiger charge is 2.41. The smallest absolute Gasteiger partial charge is 0.312 e. The number of para-hydroxylation sites is 1. The molecule has 150 valence electrons. The molecular formula is C23H29NO4. The molecule has 0 aromatic heterocycles. The highest BCUT2D eigenvalue weighted by Crippen LogP contribution is 2.31. The molecule has 3 rings (SSSR count). The molecule has 2 aromatic carbocycles. The molecule has 0 bridgehead atoms. The first-order valence-electron chi connectivity index (χ1n) is 9.66. The molecule has 2 atom stereocenters. The summed E-state index contributed by atoms with van der Waals surface area (Å²) >= 11 is 0. The van der Waals surface area contributed by atoms with Crippen molar-refractivity contribution < 1.29 is 19.0 Å². The third-order valence-corrected chi connectivity index (χ3v) is 5.26. The summed E-state index contributed by atoms with van der Waals surface area (Å²) in [6.45, 7) is 6.00. The number of anilines is 1. The van der Waals surface area contributed by atoms with Gasteiger partial charge in [-0.05, 0) is 31.5 Å². The van der Waals surface area contributed by atoms with Gasteiger partial charge in [-0.15, -0.1) is 0 Å². The summed E-state index contributed by atoms with van der Waals surface area (Å²) in [7, 11) is 1.42. The number of methoxy groups -OCH3 is 1. The maximum absolute atomic E-state index is 12.3. The first-order valence-corrected chi connectivity index (χ1v) is 9.66. The Morgan fingerprint density at radius 2 is 1.75 bits per heavy atom. The van der Waals surface area contributed by atoms with Crippen molar-refractivity contribution in [2.75, 3.05) is 31.8 Å². The normalized spacial score (nSPS) is 21.8. The van der Waals surface area contributed by atoms with E-state index in [2.05, 4.69) is 43.0 Å². The average molecular weight is 383 g/mol. The van der Waals surface area contributed by atoms with Crippen molar-refractivity contribution in [1.29, 1.82) is 0 Å². The first-order chi connectivity index (χ1) is 13.5. The highest BCUT2D eigenvalue weighted by molar-refractivity contribution is 5.73. The van der Waals surface area contributed by atoms with Gasteiger partial charge in [-0.25, -0.2) is 0 Å². The second-order valence-corrected chi connectivity index (χ2v) is 7.64. The highest BCUT2D eigenvalue weighted by atomic mass is 16.5.